The van der Waals surface area contributed by atoms with E-state index in [9.17, 15) is 26.4 Å². The zero-order valence-corrected chi connectivity index (χ0v) is 25.1. The summed E-state index contributed by atoms with van der Waals surface area (Å²) in [5.41, 5.74) is 15.0. The zero-order chi connectivity index (χ0) is 33.8. The molecule has 0 aliphatic rings. The number of hydrogen-bond acceptors (Lipinski definition) is 12. The van der Waals surface area contributed by atoms with Gasteiger partial charge in [0.05, 0.1) is 23.4 Å². The van der Waals surface area contributed by atoms with Crippen molar-refractivity contribution in [2.24, 2.45) is 10.7 Å². The Labute approximate surface area is 263 Å². The highest BCUT2D eigenvalue weighted by Crippen LogP contribution is 2.36. The minimum atomic E-state index is -5.37. The number of alkyl halides is 3. The number of aryl methyl sites for hydroxylation is 1. The Morgan fingerprint density at radius 3 is 2.57 bits per heavy atom. The molecule has 0 amide bonds. The first-order valence-electron chi connectivity index (χ1n) is 13.6. The lowest BCUT2D eigenvalue weighted by atomic mass is 10.2. The molecule has 5 aromatic rings. The lowest BCUT2D eigenvalue weighted by Gasteiger charge is -2.11. The van der Waals surface area contributed by atoms with E-state index in [2.05, 4.69) is 35.4 Å². The number of imidazole rings is 1. The summed E-state index contributed by atoms with van der Waals surface area (Å²) in [6.07, 6.45) is -1.56. The predicted molar refractivity (Wildman–Crippen MR) is 160 cm³/mol. The van der Waals surface area contributed by atoms with Gasteiger partial charge in [-0.05, 0) is 58.5 Å². The number of hydrogen-bond donors (Lipinski definition) is 5. The SMILES string of the molecule is CCn1c(-c2nonc2N)nc2c(-c3ccc[nH]3)ncc(OCCCN=C(N)Nc3ccc(S(=O)(=O)NOC(=O)C(F)(F)F)cc3)c21. The van der Waals surface area contributed by atoms with Crippen LogP contribution in [-0.4, -0.2) is 69.5 Å². The third-order valence-corrected chi connectivity index (χ3v) is 7.58. The Morgan fingerprint density at radius 1 is 1.17 bits per heavy atom. The molecule has 17 nitrogen and oxygen atoms in total. The number of fused-ring (bicyclic) bond motifs is 1. The van der Waals surface area contributed by atoms with Crippen LogP contribution in [0.5, 0.6) is 5.75 Å². The van der Waals surface area contributed by atoms with E-state index in [-0.39, 0.29) is 30.6 Å². The predicted octanol–water partition coefficient (Wildman–Crippen LogP) is 2.57. The van der Waals surface area contributed by atoms with Gasteiger partial charge < -0.3 is 35.9 Å². The first-order valence-corrected chi connectivity index (χ1v) is 15.1. The van der Waals surface area contributed by atoms with Crippen molar-refractivity contribution in [2.45, 2.75) is 31.0 Å². The number of nitrogen functional groups attached to an aromatic ring is 1. The Hall–Kier alpha value is -5.70. The molecule has 0 spiro atoms. The third-order valence-electron chi connectivity index (χ3n) is 6.39. The van der Waals surface area contributed by atoms with Crippen molar-refractivity contribution in [1.29, 1.82) is 0 Å². The number of H-pyrrole nitrogens is 1. The number of guanidine groups is 1. The number of carbonyl (C=O) groups is 1. The van der Waals surface area contributed by atoms with Crippen molar-refractivity contribution in [2.75, 3.05) is 24.2 Å². The molecule has 0 bridgehead atoms. The van der Waals surface area contributed by atoms with Crippen molar-refractivity contribution < 1.29 is 40.6 Å². The van der Waals surface area contributed by atoms with Gasteiger partial charge in [-0.2, -0.15) is 13.2 Å². The van der Waals surface area contributed by atoms with Gasteiger partial charge in [0.25, 0.3) is 10.0 Å². The van der Waals surface area contributed by atoms with E-state index in [0.29, 0.717) is 47.0 Å². The molecular weight excluding hydrogens is 651 g/mol. The lowest BCUT2D eigenvalue weighted by molar-refractivity contribution is -0.203. The second-order valence-electron chi connectivity index (χ2n) is 9.52. The third kappa shape index (κ3) is 7.25. The fourth-order valence-electron chi connectivity index (χ4n) is 4.28. The van der Waals surface area contributed by atoms with Gasteiger partial charge in [-0.15, -0.1) is 0 Å². The van der Waals surface area contributed by atoms with E-state index in [1.807, 2.05) is 23.6 Å². The molecule has 0 radical (unpaired) electrons. The molecule has 0 aliphatic carbocycles. The molecule has 0 aliphatic heterocycles. The summed E-state index contributed by atoms with van der Waals surface area (Å²) in [5.74, 6) is -1.73. The number of aromatic nitrogens is 6. The van der Waals surface area contributed by atoms with Crippen LogP contribution >= 0.6 is 0 Å². The van der Waals surface area contributed by atoms with Crippen LogP contribution in [0.4, 0.5) is 24.7 Å². The Balaban J connectivity index is 1.22. The lowest BCUT2D eigenvalue weighted by Crippen LogP contribution is -2.34. The van der Waals surface area contributed by atoms with E-state index in [0.717, 1.165) is 22.7 Å². The summed E-state index contributed by atoms with van der Waals surface area (Å²) < 4.78 is 73.7. The number of sulfonamides is 1. The topological polar surface area (TPSA) is 244 Å². The maximum absolute atomic E-state index is 12.2. The molecule has 0 saturated carbocycles. The van der Waals surface area contributed by atoms with E-state index in [1.54, 1.807) is 12.4 Å². The number of ether oxygens (including phenoxy) is 1. The molecule has 0 fully saturated rings. The van der Waals surface area contributed by atoms with Crippen molar-refractivity contribution in [3.05, 3.63) is 48.8 Å². The Bertz CT molecular complexity index is 2010. The van der Waals surface area contributed by atoms with Gasteiger partial charge in [0.15, 0.2) is 29.0 Å². The van der Waals surface area contributed by atoms with Gasteiger partial charge in [0.2, 0.25) is 0 Å². The number of nitrogens with two attached hydrogens (primary N) is 2. The van der Waals surface area contributed by atoms with Crippen molar-refractivity contribution in [3.63, 3.8) is 0 Å². The van der Waals surface area contributed by atoms with E-state index in [4.69, 9.17) is 25.8 Å². The quantitative estimate of drug-likeness (QED) is 0.0552. The highest BCUT2D eigenvalue weighted by Gasteiger charge is 2.42. The number of rotatable bonds is 12. The zero-order valence-electron chi connectivity index (χ0n) is 24.3. The van der Waals surface area contributed by atoms with Crippen molar-refractivity contribution >= 4 is 44.5 Å². The maximum Gasteiger partial charge on any atom is 0.492 e. The van der Waals surface area contributed by atoms with E-state index in [1.165, 1.54) is 12.1 Å². The molecule has 4 heterocycles. The van der Waals surface area contributed by atoms with E-state index >= 15 is 0 Å². The highest BCUT2D eigenvalue weighted by molar-refractivity contribution is 7.89. The van der Waals surface area contributed by atoms with Gasteiger partial charge >= 0.3 is 12.1 Å². The molecule has 5 rings (SSSR count). The summed E-state index contributed by atoms with van der Waals surface area (Å²) in [4.78, 5) is 31.7. The van der Waals surface area contributed by atoms with Crippen molar-refractivity contribution in [1.82, 2.24) is 34.7 Å². The van der Waals surface area contributed by atoms with Crippen LogP contribution < -0.4 is 26.4 Å². The normalized spacial score (nSPS) is 12.4. The van der Waals surface area contributed by atoms with Crippen LogP contribution in [0, 0.1) is 0 Å². The van der Waals surface area contributed by atoms with Crippen LogP contribution in [0.3, 0.4) is 0 Å². The van der Waals surface area contributed by atoms with Gasteiger partial charge in [0, 0.05) is 31.4 Å². The Morgan fingerprint density at radius 2 is 1.94 bits per heavy atom. The summed E-state index contributed by atoms with van der Waals surface area (Å²) in [7, 11) is -4.57. The second-order valence-corrected chi connectivity index (χ2v) is 11.2. The number of nitrogens with one attached hydrogen (secondary N) is 3. The number of benzene rings is 1. The molecule has 7 N–H and O–H groups in total. The molecule has 21 heteroatoms. The molecule has 1 aromatic carbocycles. The number of pyridine rings is 1. The number of aromatic amines is 1. The largest absolute Gasteiger partial charge is 0.492 e. The van der Waals surface area contributed by atoms with Crippen LogP contribution in [-0.2, 0) is 26.2 Å². The first-order chi connectivity index (χ1) is 22.4. The minimum absolute atomic E-state index is 0.00436. The fraction of sp³-hybridized carbons (Fsp3) is 0.231. The summed E-state index contributed by atoms with van der Waals surface area (Å²) in [6, 6.07) is 8.40. The fourth-order valence-corrected chi connectivity index (χ4v) is 5.06. The van der Waals surface area contributed by atoms with Crippen LogP contribution in [0.2, 0.25) is 0 Å². The van der Waals surface area contributed by atoms with Gasteiger partial charge in [-0.3, -0.25) is 4.99 Å². The molecular formula is C26H26F3N11O6S. The Kier molecular flexibility index (Phi) is 9.28. The van der Waals surface area contributed by atoms with Gasteiger partial charge in [0.1, 0.15) is 16.7 Å². The summed E-state index contributed by atoms with van der Waals surface area (Å²) in [6.45, 7) is 2.89. The minimum Gasteiger partial charge on any atom is -0.490 e. The summed E-state index contributed by atoms with van der Waals surface area (Å²) in [5, 5.41) is 10.3. The monoisotopic (exact) mass is 677 g/mol. The average molecular weight is 678 g/mol. The number of aliphatic imine (C=N–C) groups is 1. The highest BCUT2D eigenvalue weighted by atomic mass is 32.2. The second kappa shape index (κ2) is 13.3. The molecule has 248 valence electrons. The number of anilines is 2. The number of nitrogens with zero attached hydrogens (tertiary/aromatic N) is 6. The van der Waals surface area contributed by atoms with Gasteiger partial charge in [-0.1, -0.05) is 0 Å². The van der Waals surface area contributed by atoms with Crippen LogP contribution in [0.15, 0.2) is 63.3 Å². The molecule has 0 unspecified atom stereocenters. The molecule has 0 atom stereocenters. The average Bonchev–Trinajstić information content (AvgIpc) is 3.79. The number of carbonyl (C=O) groups excluding carboxylic acids is 1. The number of halogens is 3. The van der Waals surface area contributed by atoms with Crippen molar-refractivity contribution in [3.8, 4) is 28.7 Å². The molecule has 4 aromatic heterocycles. The standard InChI is InChI=1S/C26H26F3N11O6S/c1-2-40-21-17(13-34-18(16-5-3-10-32-16)19(21)36-23(40)20-22(30)38-46-37-20)44-12-4-11-33-25(31)35-14-6-8-15(9-7-14)47(42,43)39-45-24(41)26(27,28)29/h3,5-10,13,32,39H,2,4,11-12H2,1H3,(H2,30,38)(H3,31,33,35). The van der Waals surface area contributed by atoms with Gasteiger partial charge in [-0.25, -0.2) is 27.8 Å². The summed E-state index contributed by atoms with van der Waals surface area (Å²) >= 11 is 0. The van der Waals surface area contributed by atoms with Crippen LogP contribution in [0.1, 0.15) is 13.3 Å². The smallest absolute Gasteiger partial charge is 0.490 e. The van der Waals surface area contributed by atoms with Crippen LogP contribution in [0.25, 0.3) is 33.9 Å². The molecule has 47 heavy (non-hydrogen) atoms. The molecule has 0 saturated heterocycles. The van der Waals surface area contributed by atoms with E-state index < -0.39 is 27.1 Å². The first kappa shape index (κ1) is 32.7. The maximum atomic E-state index is 12.2.